The summed E-state index contributed by atoms with van der Waals surface area (Å²) in [6.45, 7) is 9.65. The van der Waals surface area contributed by atoms with Crippen molar-refractivity contribution in [1.29, 1.82) is 0 Å². The van der Waals surface area contributed by atoms with E-state index in [1.807, 2.05) is 0 Å². The zero-order valence-electron chi connectivity index (χ0n) is 15.0. The van der Waals surface area contributed by atoms with E-state index < -0.39 is 10.0 Å². The topological polar surface area (TPSA) is 81.8 Å². The van der Waals surface area contributed by atoms with Gasteiger partial charge >= 0.3 is 0 Å². The second-order valence-electron chi connectivity index (χ2n) is 5.96. The first-order valence-corrected chi connectivity index (χ1v) is 10.2. The molecule has 2 rings (SSSR count). The lowest BCUT2D eigenvalue weighted by atomic mass is 10.2. The van der Waals surface area contributed by atoms with Crippen LogP contribution in [0.15, 0.2) is 29.2 Å². The summed E-state index contributed by atoms with van der Waals surface area (Å²) in [6, 6.07) is 6.24. The third-order valence-electron chi connectivity index (χ3n) is 4.36. The third kappa shape index (κ3) is 5.24. The average molecular weight is 369 g/mol. The maximum Gasteiger partial charge on any atom is 0.251 e. The number of hydrogen-bond donors (Lipinski definition) is 2. The Bertz CT molecular complexity index is 668. The predicted octanol–water partition coefficient (Wildman–Crippen LogP) is 0.352. The molecule has 1 aliphatic rings. The number of nitrogens with zero attached hydrogens (tertiary/aromatic N) is 2. The second-order valence-corrected chi connectivity index (χ2v) is 7.90. The fraction of sp³-hybridized carbons (Fsp3) is 0.588. The van der Waals surface area contributed by atoms with Gasteiger partial charge < -0.3 is 10.6 Å². The Morgan fingerprint density at radius 1 is 1.24 bits per heavy atom. The summed E-state index contributed by atoms with van der Waals surface area (Å²) in [6.07, 6.45) is 0. The summed E-state index contributed by atoms with van der Waals surface area (Å²) >= 11 is 0. The molecular weight excluding hydrogens is 340 g/mol. The van der Waals surface area contributed by atoms with Gasteiger partial charge in [-0.2, -0.15) is 4.31 Å². The molecule has 2 N–H and O–H groups in total. The number of benzene rings is 1. The quantitative estimate of drug-likeness (QED) is 0.692. The van der Waals surface area contributed by atoms with Crippen LogP contribution in [0.3, 0.4) is 0 Å². The van der Waals surface area contributed by atoms with E-state index in [0.717, 1.165) is 32.7 Å². The predicted molar refractivity (Wildman–Crippen MR) is 98.2 cm³/mol. The van der Waals surface area contributed by atoms with Crippen LogP contribution in [0.1, 0.15) is 24.2 Å². The maximum atomic E-state index is 12.6. The Morgan fingerprint density at radius 3 is 2.56 bits per heavy atom. The van der Waals surface area contributed by atoms with E-state index >= 15 is 0 Å². The molecule has 0 aromatic heterocycles. The van der Waals surface area contributed by atoms with Gasteiger partial charge in [-0.05, 0) is 18.2 Å². The molecule has 8 heteroatoms. The van der Waals surface area contributed by atoms with E-state index in [4.69, 9.17) is 0 Å². The van der Waals surface area contributed by atoms with Crippen LogP contribution >= 0.6 is 0 Å². The van der Waals surface area contributed by atoms with Gasteiger partial charge in [0.15, 0.2) is 0 Å². The molecule has 0 unspecified atom stereocenters. The number of nitrogens with one attached hydrogen (secondary N) is 2. The number of sulfonamides is 1. The van der Waals surface area contributed by atoms with Crippen LogP contribution in [0.4, 0.5) is 0 Å². The van der Waals surface area contributed by atoms with Crippen molar-refractivity contribution in [3.05, 3.63) is 29.8 Å². The van der Waals surface area contributed by atoms with Gasteiger partial charge in [0.1, 0.15) is 0 Å². The Morgan fingerprint density at radius 2 is 1.92 bits per heavy atom. The van der Waals surface area contributed by atoms with E-state index in [2.05, 4.69) is 15.5 Å². The molecule has 0 radical (unpaired) electrons. The van der Waals surface area contributed by atoms with E-state index in [1.165, 1.54) is 16.4 Å². The van der Waals surface area contributed by atoms with Gasteiger partial charge in [0, 0.05) is 57.9 Å². The number of rotatable bonds is 8. The fourth-order valence-corrected chi connectivity index (χ4v) is 4.38. The highest BCUT2D eigenvalue weighted by atomic mass is 32.2. The van der Waals surface area contributed by atoms with Gasteiger partial charge in [-0.25, -0.2) is 8.42 Å². The summed E-state index contributed by atoms with van der Waals surface area (Å²) in [4.78, 5) is 14.8. The molecule has 0 saturated carbocycles. The zero-order valence-corrected chi connectivity index (χ0v) is 15.8. The summed E-state index contributed by atoms with van der Waals surface area (Å²) in [5.74, 6) is -0.244. The molecule has 0 aliphatic carbocycles. The highest BCUT2D eigenvalue weighted by molar-refractivity contribution is 7.89. The maximum absolute atomic E-state index is 12.6. The summed E-state index contributed by atoms with van der Waals surface area (Å²) in [5.41, 5.74) is 0.369. The van der Waals surface area contributed by atoms with Crippen LogP contribution < -0.4 is 10.6 Å². The number of amides is 1. The molecule has 1 saturated heterocycles. The van der Waals surface area contributed by atoms with Crippen LogP contribution in [0.5, 0.6) is 0 Å². The summed E-state index contributed by atoms with van der Waals surface area (Å²) in [7, 11) is -3.56. The number of hydrogen-bond acceptors (Lipinski definition) is 5. The summed E-state index contributed by atoms with van der Waals surface area (Å²) < 4.78 is 26.5. The van der Waals surface area contributed by atoms with Crippen LogP contribution in [-0.2, 0) is 10.0 Å². The Balaban J connectivity index is 1.98. The minimum Gasteiger partial charge on any atom is -0.351 e. The molecule has 0 atom stereocenters. The van der Waals surface area contributed by atoms with Gasteiger partial charge in [-0.3, -0.25) is 9.69 Å². The standard InChI is InChI=1S/C17H28N4O3S/c1-3-21(4-2)25(23,24)16-7-5-6-15(14-16)17(22)19-10-13-20-11-8-18-9-12-20/h5-7,14,18H,3-4,8-13H2,1-2H3,(H,19,22). The lowest BCUT2D eigenvalue weighted by Crippen LogP contribution is -2.46. The van der Waals surface area contributed by atoms with Crippen molar-refractivity contribution in [3.63, 3.8) is 0 Å². The molecular formula is C17H28N4O3S. The SMILES string of the molecule is CCN(CC)S(=O)(=O)c1cccc(C(=O)NCCN2CCNCC2)c1. The normalized spacial score (nSPS) is 16.1. The largest absolute Gasteiger partial charge is 0.351 e. The van der Waals surface area contributed by atoms with E-state index in [9.17, 15) is 13.2 Å². The van der Waals surface area contributed by atoms with E-state index in [1.54, 1.807) is 26.0 Å². The van der Waals surface area contributed by atoms with Crippen LogP contribution in [-0.4, -0.2) is 75.9 Å². The molecule has 1 fully saturated rings. The summed E-state index contributed by atoms with van der Waals surface area (Å²) in [5, 5.41) is 6.16. The van der Waals surface area contributed by atoms with E-state index in [0.29, 0.717) is 25.2 Å². The van der Waals surface area contributed by atoms with Crippen molar-refractivity contribution in [2.45, 2.75) is 18.7 Å². The molecule has 140 valence electrons. The van der Waals surface area contributed by atoms with Gasteiger partial charge in [0.2, 0.25) is 10.0 Å². The Labute approximate surface area is 150 Å². The first kappa shape index (κ1) is 19.8. The average Bonchev–Trinajstić information content (AvgIpc) is 2.63. The van der Waals surface area contributed by atoms with Gasteiger partial charge in [-0.1, -0.05) is 19.9 Å². The Kier molecular flexibility index (Phi) is 7.37. The lowest BCUT2D eigenvalue weighted by molar-refractivity contribution is 0.0947. The lowest BCUT2D eigenvalue weighted by Gasteiger charge is -2.27. The molecule has 0 bridgehead atoms. The molecule has 0 spiro atoms. The minimum absolute atomic E-state index is 0.158. The van der Waals surface area contributed by atoms with Crippen LogP contribution in [0, 0.1) is 0 Å². The Hall–Kier alpha value is -1.48. The number of piperazine rings is 1. The molecule has 7 nitrogen and oxygen atoms in total. The zero-order chi connectivity index (χ0) is 18.3. The fourth-order valence-electron chi connectivity index (χ4n) is 2.87. The van der Waals surface area contributed by atoms with Crippen molar-refractivity contribution < 1.29 is 13.2 Å². The highest BCUT2D eigenvalue weighted by Crippen LogP contribution is 2.16. The molecule has 1 aromatic carbocycles. The van der Waals surface area contributed by atoms with Crippen molar-refractivity contribution in [2.24, 2.45) is 0 Å². The third-order valence-corrected chi connectivity index (χ3v) is 6.41. The van der Waals surface area contributed by atoms with Crippen molar-refractivity contribution >= 4 is 15.9 Å². The first-order valence-electron chi connectivity index (χ1n) is 8.80. The number of carbonyl (C=O) groups excluding carboxylic acids is 1. The highest BCUT2D eigenvalue weighted by Gasteiger charge is 2.22. The van der Waals surface area contributed by atoms with E-state index in [-0.39, 0.29) is 10.8 Å². The van der Waals surface area contributed by atoms with Crippen LogP contribution in [0.25, 0.3) is 0 Å². The van der Waals surface area contributed by atoms with Gasteiger partial charge in [0.05, 0.1) is 4.90 Å². The molecule has 25 heavy (non-hydrogen) atoms. The molecule has 1 aromatic rings. The molecule has 1 heterocycles. The first-order chi connectivity index (χ1) is 12.0. The smallest absolute Gasteiger partial charge is 0.251 e. The minimum atomic E-state index is -3.56. The van der Waals surface area contributed by atoms with Crippen molar-refractivity contribution in [1.82, 2.24) is 19.8 Å². The monoisotopic (exact) mass is 368 g/mol. The molecule has 1 amide bonds. The van der Waals surface area contributed by atoms with Crippen LogP contribution in [0.2, 0.25) is 0 Å². The number of carbonyl (C=O) groups is 1. The van der Waals surface area contributed by atoms with Crippen molar-refractivity contribution in [3.8, 4) is 0 Å². The van der Waals surface area contributed by atoms with Gasteiger partial charge in [-0.15, -0.1) is 0 Å². The van der Waals surface area contributed by atoms with Gasteiger partial charge in [0.25, 0.3) is 5.91 Å². The second kappa shape index (κ2) is 9.28. The molecule has 1 aliphatic heterocycles. The van der Waals surface area contributed by atoms with Crippen molar-refractivity contribution in [2.75, 3.05) is 52.4 Å².